The van der Waals surface area contributed by atoms with Crippen molar-refractivity contribution in [3.05, 3.63) is 62.1 Å². The van der Waals surface area contributed by atoms with Crippen LogP contribution >= 0.6 is 15.9 Å². The molecule has 0 unspecified atom stereocenters. The van der Waals surface area contributed by atoms with Crippen LogP contribution in [0.25, 0.3) is 0 Å². The zero-order chi connectivity index (χ0) is 17.9. The van der Waals surface area contributed by atoms with Crippen molar-refractivity contribution >= 4 is 33.2 Å². The normalized spacial score (nSPS) is 10.5. The van der Waals surface area contributed by atoms with E-state index in [-0.39, 0.29) is 5.56 Å². The maximum absolute atomic E-state index is 12.5. The number of aryl methyl sites for hydroxylation is 1. The average molecular weight is 401 g/mol. The van der Waals surface area contributed by atoms with Crippen LogP contribution in [0.4, 0.5) is 20.2 Å². The van der Waals surface area contributed by atoms with Gasteiger partial charge < -0.3 is 10.1 Å². The lowest BCUT2D eigenvalue weighted by Gasteiger charge is -2.12. The van der Waals surface area contributed by atoms with E-state index >= 15 is 0 Å². The topological polar surface area (TPSA) is 81.5 Å². The molecule has 1 amide bonds. The zero-order valence-corrected chi connectivity index (χ0v) is 13.8. The van der Waals surface area contributed by atoms with Crippen LogP contribution in [-0.4, -0.2) is 17.4 Å². The third kappa shape index (κ3) is 4.25. The summed E-state index contributed by atoms with van der Waals surface area (Å²) in [6.45, 7) is -1.31. The lowest BCUT2D eigenvalue weighted by Crippen LogP contribution is -2.15. The molecule has 0 bridgehead atoms. The number of non-ortho nitro benzene ring substituents is 1. The Bertz CT molecular complexity index is 799. The van der Waals surface area contributed by atoms with Crippen LogP contribution in [0.5, 0.6) is 5.75 Å². The van der Waals surface area contributed by atoms with E-state index in [9.17, 15) is 23.7 Å². The van der Waals surface area contributed by atoms with Gasteiger partial charge in [-0.25, -0.2) is 0 Å². The number of hydrogen-bond acceptors (Lipinski definition) is 4. The maximum atomic E-state index is 12.5. The van der Waals surface area contributed by atoms with Crippen molar-refractivity contribution < 1.29 is 23.2 Å². The minimum Gasteiger partial charge on any atom is -0.434 e. The summed E-state index contributed by atoms with van der Waals surface area (Å²) >= 11 is 3.27. The number of ether oxygens (including phenoxy) is 1. The highest BCUT2D eigenvalue weighted by atomic mass is 79.9. The molecule has 0 aromatic heterocycles. The number of nitro benzene ring substituents is 1. The van der Waals surface area contributed by atoms with Crippen LogP contribution in [0.1, 0.15) is 15.9 Å². The molecular formula is C15H11BrF2N2O4. The summed E-state index contributed by atoms with van der Waals surface area (Å²) in [6, 6.07) is 7.93. The molecule has 0 spiro atoms. The first-order valence-corrected chi connectivity index (χ1v) is 7.38. The molecule has 6 nitrogen and oxygen atoms in total. The van der Waals surface area contributed by atoms with Gasteiger partial charge in [-0.1, -0.05) is 6.07 Å². The lowest BCUT2D eigenvalue weighted by atomic mass is 10.1. The predicted octanol–water partition coefficient (Wildman–Crippen LogP) is 4.52. The van der Waals surface area contributed by atoms with E-state index < -0.39 is 28.9 Å². The van der Waals surface area contributed by atoms with Crippen LogP contribution in [0.15, 0.2) is 40.9 Å². The van der Waals surface area contributed by atoms with Gasteiger partial charge in [-0.2, -0.15) is 8.78 Å². The number of rotatable bonds is 5. The zero-order valence-electron chi connectivity index (χ0n) is 12.3. The molecule has 0 aliphatic rings. The maximum Gasteiger partial charge on any atom is 0.387 e. The van der Waals surface area contributed by atoms with Gasteiger partial charge >= 0.3 is 6.61 Å². The second-order valence-electron chi connectivity index (χ2n) is 4.75. The van der Waals surface area contributed by atoms with Gasteiger partial charge in [-0.05, 0) is 46.6 Å². The summed E-state index contributed by atoms with van der Waals surface area (Å²) in [5.41, 5.74) is 0.554. The first-order valence-electron chi connectivity index (χ1n) is 6.58. The third-order valence-corrected chi connectivity index (χ3v) is 3.66. The molecule has 9 heteroatoms. The number of carbonyl (C=O) groups is 1. The number of hydrogen-bond donors (Lipinski definition) is 1. The molecule has 2 aromatic rings. The van der Waals surface area contributed by atoms with Gasteiger partial charge in [0.05, 0.1) is 16.2 Å². The highest BCUT2D eigenvalue weighted by molar-refractivity contribution is 9.10. The van der Waals surface area contributed by atoms with E-state index in [1.165, 1.54) is 0 Å². The Balaban J connectivity index is 2.38. The number of anilines is 1. The molecule has 0 saturated heterocycles. The van der Waals surface area contributed by atoms with Crippen molar-refractivity contribution in [2.45, 2.75) is 13.5 Å². The Morgan fingerprint density at radius 3 is 2.58 bits per heavy atom. The summed E-state index contributed by atoms with van der Waals surface area (Å²) < 4.78 is 29.8. The van der Waals surface area contributed by atoms with E-state index in [1.54, 1.807) is 18.2 Å². The summed E-state index contributed by atoms with van der Waals surface area (Å²) in [6.07, 6.45) is 0. The van der Waals surface area contributed by atoms with Crippen LogP contribution in [0.2, 0.25) is 0 Å². The van der Waals surface area contributed by atoms with Gasteiger partial charge in [-0.3, -0.25) is 14.9 Å². The van der Waals surface area contributed by atoms with Crippen molar-refractivity contribution in [2.24, 2.45) is 0 Å². The van der Waals surface area contributed by atoms with E-state index in [0.29, 0.717) is 10.2 Å². The number of halogens is 3. The SMILES string of the molecule is Cc1ccc(NC(=O)c2cc([N+](=O)[O-])ccc2OC(F)F)c(Br)c1. The van der Waals surface area contributed by atoms with Crippen molar-refractivity contribution in [3.63, 3.8) is 0 Å². The predicted molar refractivity (Wildman–Crippen MR) is 86.6 cm³/mol. The molecule has 0 saturated carbocycles. The van der Waals surface area contributed by atoms with Crippen LogP contribution in [0, 0.1) is 17.0 Å². The number of nitrogens with zero attached hydrogens (tertiary/aromatic N) is 1. The van der Waals surface area contributed by atoms with Gasteiger partial charge in [0.2, 0.25) is 0 Å². The Morgan fingerprint density at radius 2 is 2.00 bits per heavy atom. The summed E-state index contributed by atoms with van der Waals surface area (Å²) in [5, 5.41) is 13.3. The average Bonchev–Trinajstić information content (AvgIpc) is 2.49. The monoisotopic (exact) mass is 400 g/mol. The molecule has 0 radical (unpaired) electrons. The smallest absolute Gasteiger partial charge is 0.387 e. The van der Waals surface area contributed by atoms with Crippen LogP contribution in [-0.2, 0) is 0 Å². The van der Waals surface area contributed by atoms with Gasteiger partial charge in [-0.15, -0.1) is 0 Å². The molecule has 2 rings (SSSR count). The Kier molecular flexibility index (Phi) is 5.45. The summed E-state index contributed by atoms with van der Waals surface area (Å²) in [5.74, 6) is -1.25. The molecule has 24 heavy (non-hydrogen) atoms. The molecule has 0 atom stereocenters. The molecule has 0 aliphatic heterocycles. The minimum absolute atomic E-state index is 0.364. The Labute approximate surface area is 143 Å². The Morgan fingerprint density at radius 1 is 1.29 bits per heavy atom. The highest BCUT2D eigenvalue weighted by Crippen LogP contribution is 2.28. The number of nitro groups is 1. The van der Waals surface area contributed by atoms with E-state index in [2.05, 4.69) is 26.0 Å². The standard InChI is InChI=1S/C15H11BrF2N2O4/c1-8-2-4-12(11(16)6-8)19-14(21)10-7-9(20(22)23)3-5-13(10)24-15(17)18/h2-7,15H,1H3,(H,19,21). The van der Waals surface area contributed by atoms with Gasteiger partial charge in [0.1, 0.15) is 5.75 Å². The molecule has 2 aromatic carbocycles. The fraction of sp³-hybridized carbons (Fsp3) is 0.133. The number of amides is 1. The summed E-state index contributed by atoms with van der Waals surface area (Å²) in [7, 11) is 0. The number of nitrogens with one attached hydrogen (secondary N) is 1. The van der Waals surface area contributed by atoms with Gasteiger partial charge in [0, 0.05) is 16.6 Å². The quantitative estimate of drug-likeness (QED) is 0.590. The molecule has 126 valence electrons. The molecule has 0 fully saturated rings. The van der Waals surface area contributed by atoms with Gasteiger partial charge in [0.15, 0.2) is 0 Å². The lowest BCUT2D eigenvalue weighted by molar-refractivity contribution is -0.384. The Hall–Kier alpha value is -2.55. The van der Waals surface area contributed by atoms with E-state index in [4.69, 9.17) is 0 Å². The molecule has 1 N–H and O–H groups in total. The highest BCUT2D eigenvalue weighted by Gasteiger charge is 2.20. The van der Waals surface area contributed by atoms with Crippen molar-refractivity contribution in [3.8, 4) is 5.75 Å². The number of benzene rings is 2. The van der Waals surface area contributed by atoms with Crippen molar-refractivity contribution in [2.75, 3.05) is 5.32 Å². The first-order chi connectivity index (χ1) is 11.3. The third-order valence-electron chi connectivity index (χ3n) is 3.01. The molecule has 0 heterocycles. The molecule has 0 aliphatic carbocycles. The molecular weight excluding hydrogens is 390 g/mol. The van der Waals surface area contributed by atoms with Crippen LogP contribution in [0.3, 0.4) is 0 Å². The summed E-state index contributed by atoms with van der Waals surface area (Å²) in [4.78, 5) is 22.5. The minimum atomic E-state index is -3.16. The van der Waals surface area contributed by atoms with E-state index in [1.807, 2.05) is 6.92 Å². The van der Waals surface area contributed by atoms with Crippen molar-refractivity contribution in [1.82, 2.24) is 0 Å². The largest absolute Gasteiger partial charge is 0.434 e. The second kappa shape index (κ2) is 7.35. The van der Waals surface area contributed by atoms with E-state index in [0.717, 1.165) is 23.8 Å². The number of alkyl halides is 2. The fourth-order valence-electron chi connectivity index (χ4n) is 1.92. The fourth-order valence-corrected chi connectivity index (χ4v) is 2.51. The first kappa shape index (κ1) is 17.8. The number of carbonyl (C=O) groups excluding carboxylic acids is 1. The second-order valence-corrected chi connectivity index (χ2v) is 5.61. The van der Waals surface area contributed by atoms with Gasteiger partial charge in [0.25, 0.3) is 11.6 Å². The van der Waals surface area contributed by atoms with Crippen molar-refractivity contribution in [1.29, 1.82) is 0 Å². The van der Waals surface area contributed by atoms with Crippen LogP contribution < -0.4 is 10.1 Å².